The minimum absolute atomic E-state index is 0. The zero-order valence-electron chi connectivity index (χ0n) is 24.3. The minimum atomic E-state index is -0.675. The van der Waals surface area contributed by atoms with Gasteiger partial charge in [0.2, 0.25) is 5.88 Å². The second kappa shape index (κ2) is 13.8. The fraction of sp³-hybridized carbons (Fsp3) is 0.258. The van der Waals surface area contributed by atoms with Crippen LogP contribution in [-0.2, 0) is 13.0 Å². The molecule has 3 aromatic heterocycles. The molecule has 0 fully saturated rings. The number of nitrogens with zero attached hydrogens (tertiary/aromatic N) is 4. The minimum Gasteiger partial charge on any atom is -0.475 e. The van der Waals surface area contributed by atoms with Gasteiger partial charge in [0.05, 0.1) is 23.9 Å². The quantitative estimate of drug-likeness (QED) is 0.234. The average molecular weight is 595 g/mol. The van der Waals surface area contributed by atoms with Crippen LogP contribution < -0.4 is 16.1 Å². The molecule has 5 aromatic rings. The van der Waals surface area contributed by atoms with Crippen molar-refractivity contribution in [3.8, 4) is 39.5 Å². The van der Waals surface area contributed by atoms with E-state index in [1.165, 1.54) is 10.6 Å². The molecule has 211 valence electrons. The molecule has 0 saturated heterocycles. The van der Waals surface area contributed by atoms with Gasteiger partial charge in [-0.1, -0.05) is 48.5 Å². The van der Waals surface area contributed by atoms with Crippen molar-refractivity contribution in [3.05, 3.63) is 105 Å². The number of hydrogen-bond donors (Lipinski definition) is 1. The summed E-state index contributed by atoms with van der Waals surface area (Å²) >= 11 is 0. The molecule has 0 bridgehead atoms. The van der Waals surface area contributed by atoms with Crippen molar-refractivity contribution >= 4 is 51.4 Å². The zero-order chi connectivity index (χ0) is 29.1. The molecule has 0 spiro atoms. The first-order valence-electron chi connectivity index (χ1n) is 13.4. The van der Waals surface area contributed by atoms with E-state index < -0.39 is 11.6 Å². The number of rotatable bonds is 9. The summed E-state index contributed by atoms with van der Waals surface area (Å²) in [5, 5.41) is 3.77. The second-order valence-electron chi connectivity index (χ2n) is 9.98. The molecular weight excluding hydrogens is 564 g/mol. The van der Waals surface area contributed by atoms with Gasteiger partial charge in [-0.05, 0) is 50.5 Å². The Morgan fingerprint density at radius 2 is 1.79 bits per heavy atom. The molecule has 0 aliphatic carbocycles. The summed E-state index contributed by atoms with van der Waals surface area (Å²) in [4.78, 5) is 37.0. The summed E-state index contributed by atoms with van der Waals surface area (Å²) in [6, 6.07) is 15.5. The predicted octanol–water partition coefficient (Wildman–Crippen LogP) is 5.17. The van der Waals surface area contributed by atoms with Crippen LogP contribution >= 0.6 is 0 Å². The van der Waals surface area contributed by atoms with E-state index in [0.717, 1.165) is 6.42 Å². The van der Waals surface area contributed by atoms with E-state index >= 15 is 4.39 Å². The molecule has 1 N–H and O–H groups in total. The number of aromatic amines is 1. The molecule has 0 aliphatic heterocycles. The number of nitrogens with one attached hydrogen (secondary N) is 1. The van der Waals surface area contributed by atoms with E-state index in [2.05, 4.69) is 19.6 Å². The van der Waals surface area contributed by atoms with Crippen LogP contribution in [-0.4, -0.2) is 82.2 Å². The van der Waals surface area contributed by atoms with Crippen molar-refractivity contribution in [2.45, 2.75) is 53.2 Å². The maximum absolute atomic E-state index is 15.6. The van der Waals surface area contributed by atoms with Crippen LogP contribution in [0.1, 0.15) is 44.3 Å². The Hall–Kier alpha value is -3.22. The van der Waals surface area contributed by atoms with Gasteiger partial charge < -0.3 is 4.74 Å². The van der Waals surface area contributed by atoms with E-state index in [4.69, 9.17) is 9.72 Å². The van der Waals surface area contributed by atoms with Gasteiger partial charge in [-0.25, -0.2) is 19.2 Å². The maximum atomic E-state index is 15.6. The normalized spacial score (nSPS) is 11.0. The molecule has 0 aliphatic rings. The van der Waals surface area contributed by atoms with E-state index in [1.807, 2.05) is 32.9 Å². The molecule has 0 amide bonds. The molecular formula is C31H30FKN5O4. The SMILES string of the molecule is CCCc1nc(C)c(-c2ccc(OC(C)C)nc2)c(=O)n1Cc1ccc(-c2ccccc2-c2noc(=O)[nH]2)cc1F.[K]. The third-order valence-corrected chi connectivity index (χ3v) is 6.60. The van der Waals surface area contributed by atoms with Gasteiger partial charge in [-0.3, -0.25) is 18.9 Å². The third-order valence-electron chi connectivity index (χ3n) is 6.60. The van der Waals surface area contributed by atoms with Gasteiger partial charge in [0, 0.05) is 86.8 Å². The molecule has 0 saturated carbocycles. The average Bonchev–Trinajstić information content (AvgIpc) is 3.38. The number of H-pyrrole nitrogens is 1. The number of halogens is 1. The van der Waals surface area contributed by atoms with Gasteiger partial charge in [0.1, 0.15) is 11.6 Å². The van der Waals surface area contributed by atoms with Gasteiger partial charge in [0.25, 0.3) is 5.56 Å². The zero-order valence-corrected chi connectivity index (χ0v) is 27.4. The number of hydrogen-bond acceptors (Lipinski definition) is 7. The van der Waals surface area contributed by atoms with Gasteiger partial charge >= 0.3 is 5.76 Å². The number of pyridine rings is 1. The Kier molecular flexibility index (Phi) is 10.4. The van der Waals surface area contributed by atoms with Crippen LogP contribution in [0.5, 0.6) is 5.88 Å². The molecule has 42 heavy (non-hydrogen) atoms. The number of aromatic nitrogens is 5. The monoisotopic (exact) mass is 594 g/mol. The van der Waals surface area contributed by atoms with Gasteiger partial charge in [0.15, 0.2) is 5.82 Å². The van der Waals surface area contributed by atoms with Crippen molar-refractivity contribution < 1.29 is 13.7 Å². The van der Waals surface area contributed by atoms with E-state index in [-0.39, 0.29) is 75.4 Å². The smallest absolute Gasteiger partial charge is 0.439 e. The summed E-state index contributed by atoms with van der Waals surface area (Å²) in [6.07, 6.45) is 2.92. The Bertz CT molecular complexity index is 1810. The van der Waals surface area contributed by atoms with Crippen LogP contribution in [0.4, 0.5) is 4.39 Å². The molecule has 0 atom stereocenters. The number of aryl methyl sites for hydroxylation is 2. The van der Waals surface area contributed by atoms with Crippen LogP contribution in [0.2, 0.25) is 0 Å². The largest absolute Gasteiger partial charge is 0.475 e. The molecule has 0 unspecified atom stereocenters. The maximum Gasteiger partial charge on any atom is 0.439 e. The molecule has 5 rings (SSSR count). The molecule has 11 heteroatoms. The number of ether oxygens (including phenoxy) is 1. The Morgan fingerprint density at radius 3 is 2.40 bits per heavy atom. The Balaban J connectivity index is 0.00000405. The fourth-order valence-corrected chi connectivity index (χ4v) is 4.77. The van der Waals surface area contributed by atoms with Crippen LogP contribution in [0, 0.1) is 12.7 Å². The van der Waals surface area contributed by atoms with Crippen LogP contribution in [0.3, 0.4) is 0 Å². The van der Waals surface area contributed by atoms with E-state index in [0.29, 0.717) is 57.2 Å². The topological polar surface area (TPSA) is 116 Å². The van der Waals surface area contributed by atoms with Crippen LogP contribution in [0.15, 0.2) is 74.9 Å². The molecule has 2 aromatic carbocycles. The summed E-state index contributed by atoms with van der Waals surface area (Å²) in [7, 11) is 0. The first-order chi connectivity index (χ1) is 19.7. The van der Waals surface area contributed by atoms with E-state index in [9.17, 15) is 9.59 Å². The van der Waals surface area contributed by atoms with Gasteiger partial charge in [-0.2, -0.15) is 0 Å². The van der Waals surface area contributed by atoms with Gasteiger partial charge in [-0.15, -0.1) is 0 Å². The van der Waals surface area contributed by atoms with Crippen molar-refractivity contribution in [2.75, 3.05) is 0 Å². The first kappa shape index (κ1) is 31.7. The molecule has 9 nitrogen and oxygen atoms in total. The summed E-state index contributed by atoms with van der Waals surface area (Å²) in [5.74, 6) is 0.166. The van der Waals surface area contributed by atoms with Crippen LogP contribution in [0.25, 0.3) is 33.6 Å². The standard InChI is InChI=1S/C31H30FN5O4.K/c1-5-8-26-34-19(4)28(21-13-14-27(33-16-21)40-18(2)3)30(38)37(26)17-22-12-11-20(15-25(22)32)23-9-6-7-10-24(23)29-35-31(39)41-36-29;/h6-7,9-16,18H,5,8,17H2,1-4H3,(H,35,36,39);. The van der Waals surface area contributed by atoms with Crippen molar-refractivity contribution in [1.82, 2.24) is 24.7 Å². The summed E-state index contributed by atoms with van der Waals surface area (Å²) in [5.41, 5.74) is 3.56. The Labute approximate surface area is 284 Å². The van der Waals surface area contributed by atoms with Crippen molar-refractivity contribution in [2.24, 2.45) is 0 Å². The fourth-order valence-electron chi connectivity index (χ4n) is 4.77. The molecule has 1 radical (unpaired) electrons. The third kappa shape index (κ3) is 6.87. The second-order valence-corrected chi connectivity index (χ2v) is 9.98. The van der Waals surface area contributed by atoms with E-state index in [1.54, 1.807) is 49.5 Å². The predicted molar refractivity (Wildman–Crippen MR) is 159 cm³/mol. The summed E-state index contributed by atoms with van der Waals surface area (Å²) < 4.78 is 27.4. The summed E-state index contributed by atoms with van der Waals surface area (Å²) in [6.45, 7) is 7.65. The molecule has 3 heterocycles. The van der Waals surface area contributed by atoms with Crippen molar-refractivity contribution in [3.63, 3.8) is 0 Å². The Morgan fingerprint density at radius 1 is 1.05 bits per heavy atom. The number of benzene rings is 2. The first-order valence-corrected chi connectivity index (χ1v) is 13.4. The van der Waals surface area contributed by atoms with Crippen molar-refractivity contribution in [1.29, 1.82) is 0 Å².